The zero-order valence-electron chi connectivity index (χ0n) is 16.1. The molecule has 0 unspecified atom stereocenters. The van der Waals surface area contributed by atoms with Gasteiger partial charge in [-0.15, -0.1) is 0 Å². The molecule has 1 amide bonds. The van der Waals surface area contributed by atoms with Crippen molar-refractivity contribution in [3.05, 3.63) is 29.8 Å². The maximum atomic E-state index is 13.7. The predicted molar refractivity (Wildman–Crippen MR) is 102 cm³/mol. The van der Waals surface area contributed by atoms with Crippen molar-refractivity contribution < 1.29 is 22.0 Å². The van der Waals surface area contributed by atoms with E-state index in [1.807, 2.05) is 0 Å². The standard InChI is InChI=1S/C20H26F2N2O3S/c1-12(24(28(2,26)27)16-3-4-17(21)18(22)8-16)19(25)23-20-9-13-5-14(10-20)7-15(6-13)11-20/h3-4,8,12-15H,5-7,9-11H2,1-2H3,(H,23,25)/t12-,13?,14?,15?,20?/m1/s1. The Morgan fingerprint density at radius 2 is 1.64 bits per heavy atom. The molecule has 0 saturated heterocycles. The Hall–Kier alpha value is -1.70. The van der Waals surface area contributed by atoms with Crippen LogP contribution in [0.25, 0.3) is 0 Å². The second kappa shape index (κ2) is 6.68. The second-order valence-electron chi connectivity index (χ2n) is 9.02. The van der Waals surface area contributed by atoms with Crippen LogP contribution >= 0.6 is 0 Å². The summed E-state index contributed by atoms with van der Waals surface area (Å²) in [5, 5.41) is 3.16. The Labute approximate surface area is 164 Å². The minimum Gasteiger partial charge on any atom is -0.349 e. The van der Waals surface area contributed by atoms with Crippen molar-refractivity contribution >= 4 is 21.6 Å². The van der Waals surface area contributed by atoms with E-state index in [0.717, 1.165) is 42.0 Å². The summed E-state index contributed by atoms with van der Waals surface area (Å²) in [6, 6.07) is 1.79. The molecule has 5 nitrogen and oxygen atoms in total. The highest BCUT2D eigenvalue weighted by molar-refractivity contribution is 7.92. The number of hydrogen-bond donors (Lipinski definition) is 1. The van der Waals surface area contributed by atoms with E-state index in [4.69, 9.17) is 0 Å². The van der Waals surface area contributed by atoms with E-state index in [1.54, 1.807) is 0 Å². The lowest BCUT2D eigenvalue weighted by Crippen LogP contribution is -2.62. The van der Waals surface area contributed by atoms with Crippen LogP contribution in [0.3, 0.4) is 0 Å². The molecule has 5 rings (SSSR count). The normalized spacial score (nSPS) is 32.2. The monoisotopic (exact) mass is 412 g/mol. The summed E-state index contributed by atoms with van der Waals surface area (Å²) in [6.45, 7) is 1.48. The smallest absolute Gasteiger partial charge is 0.244 e. The molecule has 4 saturated carbocycles. The number of nitrogens with one attached hydrogen (secondary N) is 1. The summed E-state index contributed by atoms with van der Waals surface area (Å²) in [4.78, 5) is 13.1. The predicted octanol–water partition coefficient (Wildman–Crippen LogP) is 3.20. The molecule has 1 atom stereocenters. The van der Waals surface area contributed by atoms with Gasteiger partial charge in [-0.2, -0.15) is 0 Å². The molecule has 28 heavy (non-hydrogen) atoms. The van der Waals surface area contributed by atoms with E-state index >= 15 is 0 Å². The molecule has 0 spiro atoms. The van der Waals surface area contributed by atoms with Gasteiger partial charge in [-0.1, -0.05) is 0 Å². The number of carbonyl (C=O) groups is 1. The molecule has 1 aromatic rings. The molecule has 1 N–H and O–H groups in total. The first-order valence-electron chi connectivity index (χ1n) is 9.83. The Morgan fingerprint density at radius 1 is 1.11 bits per heavy atom. The van der Waals surface area contributed by atoms with Crippen LogP contribution in [0, 0.1) is 29.4 Å². The van der Waals surface area contributed by atoms with Gasteiger partial charge in [0.2, 0.25) is 15.9 Å². The van der Waals surface area contributed by atoms with Crippen LogP contribution in [0.2, 0.25) is 0 Å². The van der Waals surface area contributed by atoms with Crippen molar-refractivity contribution in [1.82, 2.24) is 5.32 Å². The van der Waals surface area contributed by atoms with Crippen molar-refractivity contribution in [1.29, 1.82) is 0 Å². The van der Waals surface area contributed by atoms with Crippen LogP contribution in [0.1, 0.15) is 45.4 Å². The van der Waals surface area contributed by atoms with E-state index < -0.39 is 33.6 Å². The fourth-order valence-electron chi connectivity index (χ4n) is 6.06. The number of rotatable bonds is 5. The number of sulfonamides is 1. The summed E-state index contributed by atoms with van der Waals surface area (Å²) in [5.74, 6) is -0.697. The van der Waals surface area contributed by atoms with E-state index in [2.05, 4.69) is 5.32 Å². The van der Waals surface area contributed by atoms with Gasteiger partial charge >= 0.3 is 0 Å². The third-order valence-electron chi connectivity index (χ3n) is 6.67. The summed E-state index contributed by atoms with van der Waals surface area (Å²) < 4.78 is 52.6. The van der Waals surface area contributed by atoms with Crippen LogP contribution in [0.15, 0.2) is 18.2 Å². The van der Waals surface area contributed by atoms with Crippen LogP contribution < -0.4 is 9.62 Å². The number of amides is 1. The molecule has 154 valence electrons. The minimum atomic E-state index is -3.87. The Kier molecular flexibility index (Phi) is 4.68. The van der Waals surface area contributed by atoms with Gasteiger partial charge in [-0.25, -0.2) is 17.2 Å². The highest BCUT2D eigenvalue weighted by atomic mass is 32.2. The molecular formula is C20H26F2N2O3S. The fraction of sp³-hybridized carbons (Fsp3) is 0.650. The van der Waals surface area contributed by atoms with Crippen LogP contribution in [0.5, 0.6) is 0 Å². The Morgan fingerprint density at radius 3 is 2.11 bits per heavy atom. The second-order valence-corrected chi connectivity index (χ2v) is 10.9. The SMILES string of the molecule is C[C@H](C(=O)NC12CC3CC(CC(C3)C1)C2)N(c1ccc(F)c(F)c1)S(C)(=O)=O. The van der Waals surface area contributed by atoms with E-state index in [-0.39, 0.29) is 11.2 Å². The minimum absolute atomic E-state index is 0.0606. The molecule has 4 aliphatic rings. The first-order chi connectivity index (χ1) is 13.1. The lowest BCUT2D eigenvalue weighted by Gasteiger charge is -2.57. The number of carbonyl (C=O) groups excluding carboxylic acids is 1. The number of halogens is 2. The fourth-order valence-corrected chi connectivity index (χ4v) is 7.23. The van der Waals surface area contributed by atoms with Gasteiger partial charge in [0.1, 0.15) is 6.04 Å². The number of hydrogen-bond acceptors (Lipinski definition) is 3. The van der Waals surface area contributed by atoms with Gasteiger partial charge in [-0.05, 0) is 75.3 Å². The van der Waals surface area contributed by atoms with Gasteiger partial charge in [0.15, 0.2) is 11.6 Å². The van der Waals surface area contributed by atoms with Crippen LogP contribution in [-0.4, -0.2) is 32.2 Å². The molecule has 1 aromatic carbocycles. The summed E-state index contributed by atoms with van der Waals surface area (Å²) in [6.07, 6.45) is 7.49. The molecule has 0 aromatic heterocycles. The van der Waals surface area contributed by atoms with E-state index in [0.29, 0.717) is 17.8 Å². The van der Waals surface area contributed by atoms with Gasteiger partial charge in [0, 0.05) is 11.6 Å². The van der Waals surface area contributed by atoms with Crippen molar-refractivity contribution in [2.24, 2.45) is 17.8 Å². The zero-order chi connectivity index (χ0) is 20.3. The molecular weight excluding hydrogens is 386 g/mol. The van der Waals surface area contributed by atoms with Crippen LogP contribution in [-0.2, 0) is 14.8 Å². The highest BCUT2D eigenvalue weighted by Crippen LogP contribution is 2.55. The molecule has 4 aliphatic carbocycles. The lowest BCUT2D eigenvalue weighted by atomic mass is 9.53. The maximum Gasteiger partial charge on any atom is 0.244 e. The van der Waals surface area contributed by atoms with Crippen molar-refractivity contribution in [2.75, 3.05) is 10.6 Å². The van der Waals surface area contributed by atoms with E-state index in [9.17, 15) is 22.0 Å². The zero-order valence-corrected chi connectivity index (χ0v) is 16.9. The quantitative estimate of drug-likeness (QED) is 0.808. The highest BCUT2D eigenvalue weighted by Gasteiger charge is 2.52. The number of nitrogens with zero attached hydrogens (tertiary/aromatic N) is 1. The molecule has 8 heteroatoms. The Bertz CT molecular complexity index is 867. The molecule has 0 aliphatic heterocycles. The summed E-state index contributed by atoms with van der Waals surface area (Å²) in [7, 11) is -3.87. The maximum absolute atomic E-state index is 13.7. The third-order valence-corrected chi connectivity index (χ3v) is 7.91. The number of benzene rings is 1. The summed E-state index contributed by atoms with van der Waals surface area (Å²) >= 11 is 0. The first kappa shape index (κ1) is 19.6. The molecule has 0 radical (unpaired) electrons. The summed E-state index contributed by atoms with van der Waals surface area (Å²) in [5.41, 5.74) is -0.313. The first-order valence-corrected chi connectivity index (χ1v) is 11.7. The molecule has 4 bridgehead atoms. The van der Waals surface area contributed by atoms with Crippen molar-refractivity contribution in [3.63, 3.8) is 0 Å². The Balaban J connectivity index is 1.58. The topological polar surface area (TPSA) is 66.5 Å². The largest absolute Gasteiger partial charge is 0.349 e. The average molecular weight is 413 g/mol. The lowest BCUT2D eigenvalue weighted by molar-refractivity contribution is -0.127. The molecule has 0 heterocycles. The van der Waals surface area contributed by atoms with E-state index in [1.165, 1.54) is 32.3 Å². The third kappa shape index (κ3) is 3.51. The van der Waals surface area contributed by atoms with Gasteiger partial charge in [0.05, 0.1) is 11.9 Å². The van der Waals surface area contributed by atoms with Crippen molar-refractivity contribution in [2.45, 2.75) is 57.0 Å². The van der Waals surface area contributed by atoms with Crippen molar-refractivity contribution in [3.8, 4) is 0 Å². The van der Waals surface area contributed by atoms with Gasteiger partial charge < -0.3 is 5.32 Å². The van der Waals surface area contributed by atoms with Gasteiger partial charge in [-0.3, -0.25) is 9.10 Å². The van der Waals surface area contributed by atoms with Gasteiger partial charge in [0.25, 0.3) is 0 Å². The average Bonchev–Trinajstić information content (AvgIpc) is 2.55. The van der Waals surface area contributed by atoms with Crippen LogP contribution in [0.4, 0.5) is 14.5 Å². The molecule has 4 fully saturated rings. The number of anilines is 1.